The highest BCUT2D eigenvalue weighted by molar-refractivity contribution is 8.77. The lowest BCUT2D eigenvalue weighted by Gasteiger charge is -2.39. The van der Waals surface area contributed by atoms with Crippen molar-refractivity contribution in [1.29, 1.82) is 0 Å². The summed E-state index contributed by atoms with van der Waals surface area (Å²) in [7, 11) is 3.70. The molecule has 0 aromatic heterocycles. The molecule has 8 heteroatoms. The van der Waals surface area contributed by atoms with Crippen molar-refractivity contribution in [2.75, 3.05) is 13.1 Å². The molecule has 2 saturated carbocycles. The van der Waals surface area contributed by atoms with Gasteiger partial charge in [-0.25, -0.2) is 0 Å². The fraction of sp³-hybridized carbons (Fsp3) is 0.952. The summed E-state index contributed by atoms with van der Waals surface area (Å²) in [6, 6.07) is 0.778. The van der Waals surface area contributed by atoms with Crippen LogP contribution in [0.15, 0.2) is 0 Å². The number of carboxylic acids is 1. The molecule has 0 aromatic carbocycles. The van der Waals surface area contributed by atoms with E-state index in [1.807, 2.05) is 21.6 Å². The number of rotatable bonds is 2. The zero-order valence-corrected chi connectivity index (χ0v) is 18.9. The molecule has 3 rings (SSSR count). The zero-order valence-electron chi connectivity index (χ0n) is 17.3. The van der Waals surface area contributed by atoms with Crippen LogP contribution in [0.5, 0.6) is 0 Å². The summed E-state index contributed by atoms with van der Waals surface area (Å²) in [5.74, 6) is -0.952. The van der Waals surface area contributed by atoms with E-state index in [9.17, 15) is 20.1 Å². The Labute approximate surface area is 182 Å². The van der Waals surface area contributed by atoms with E-state index in [0.717, 1.165) is 51.6 Å². The molecular weight excluding hydrogens is 408 g/mol. The van der Waals surface area contributed by atoms with Crippen LogP contribution in [0.4, 0.5) is 0 Å². The summed E-state index contributed by atoms with van der Waals surface area (Å²) >= 11 is 0. The van der Waals surface area contributed by atoms with Gasteiger partial charge in [0.05, 0.1) is 5.92 Å². The second-order valence-corrected chi connectivity index (χ2v) is 11.7. The van der Waals surface area contributed by atoms with Crippen LogP contribution in [0.25, 0.3) is 0 Å². The normalized spacial score (nSPS) is 38.3. The van der Waals surface area contributed by atoms with Crippen molar-refractivity contribution in [1.82, 2.24) is 10.6 Å². The van der Waals surface area contributed by atoms with Crippen molar-refractivity contribution in [2.45, 2.75) is 99.5 Å². The van der Waals surface area contributed by atoms with Crippen LogP contribution in [0, 0.1) is 11.8 Å². The Bertz CT molecular complexity index is 511. The van der Waals surface area contributed by atoms with E-state index in [2.05, 4.69) is 10.6 Å². The van der Waals surface area contributed by atoms with Gasteiger partial charge in [-0.05, 0) is 64.5 Å². The Hall–Kier alpha value is 0.01000. The van der Waals surface area contributed by atoms with E-state index in [1.54, 1.807) is 0 Å². The van der Waals surface area contributed by atoms with Gasteiger partial charge in [-0.15, -0.1) is 0 Å². The molecule has 2 aliphatic carbocycles. The summed E-state index contributed by atoms with van der Waals surface area (Å²) in [5.41, 5.74) is 0. The molecule has 0 aromatic rings. The first-order valence-corrected chi connectivity index (χ1v) is 13.7. The quantitative estimate of drug-likeness (QED) is 0.326. The maximum Gasteiger partial charge on any atom is 0.306 e. The van der Waals surface area contributed by atoms with E-state index in [1.165, 1.54) is 32.1 Å². The van der Waals surface area contributed by atoms with Crippen molar-refractivity contribution in [2.24, 2.45) is 11.8 Å². The molecule has 6 atom stereocenters. The number of carbonyl (C=O) groups is 1. The van der Waals surface area contributed by atoms with Gasteiger partial charge in [0.1, 0.15) is 0 Å². The lowest BCUT2D eigenvalue weighted by Crippen LogP contribution is -2.46. The molecule has 0 spiro atoms. The van der Waals surface area contributed by atoms with E-state index < -0.39 is 12.3 Å². The highest BCUT2D eigenvalue weighted by atomic mass is 33.1. The van der Waals surface area contributed by atoms with Crippen LogP contribution in [0.2, 0.25) is 0 Å². The monoisotopic (exact) mass is 446 g/mol. The second-order valence-electron chi connectivity index (χ2n) is 8.99. The predicted octanol–water partition coefficient (Wildman–Crippen LogP) is 2.98. The highest BCUT2D eigenvalue weighted by Gasteiger charge is 2.37. The number of fused-ring (bicyclic) bond motifs is 2. The van der Waals surface area contributed by atoms with Gasteiger partial charge in [-0.1, -0.05) is 40.9 Å². The standard InChI is InChI=1S/C21H38N2O4S2/c24-20(25)14-6-8-16-18(12-14)28-29-19-13-15(21(26)27)7-9-17(19)23-11-5-3-1-2-4-10-22-16/h14-20,22-25H,1-13H2,(H,26,27). The van der Waals surface area contributed by atoms with E-state index >= 15 is 0 Å². The van der Waals surface area contributed by atoms with Crippen molar-refractivity contribution < 1.29 is 20.1 Å². The van der Waals surface area contributed by atoms with Gasteiger partial charge >= 0.3 is 5.97 Å². The third-order valence-corrected chi connectivity index (χ3v) is 10.3. The molecule has 3 aliphatic rings. The smallest absolute Gasteiger partial charge is 0.306 e. The minimum atomic E-state index is -1.24. The summed E-state index contributed by atoms with van der Waals surface area (Å²) < 4.78 is 0. The SMILES string of the molecule is O=C(O)C1CCC2NCCCCCCCNC3CCC(C(O)O)CC3SSC2C1. The van der Waals surface area contributed by atoms with Gasteiger partial charge in [0.2, 0.25) is 0 Å². The number of carboxylic acid groups (broad SMARTS) is 1. The Morgan fingerprint density at radius 2 is 1.34 bits per heavy atom. The lowest BCUT2D eigenvalue weighted by molar-refractivity contribution is -0.142. The Kier molecular flexibility index (Phi) is 9.92. The summed E-state index contributed by atoms with van der Waals surface area (Å²) in [4.78, 5) is 11.6. The fourth-order valence-corrected chi connectivity index (χ4v) is 8.75. The molecule has 0 amide bonds. The summed E-state index contributed by atoms with van der Waals surface area (Å²) in [6.45, 7) is 2.05. The first-order valence-electron chi connectivity index (χ1n) is 11.4. The average Bonchev–Trinajstić information content (AvgIpc) is 2.71. The van der Waals surface area contributed by atoms with Crippen molar-refractivity contribution >= 4 is 27.6 Å². The molecular formula is C21H38N2O4S2. The third kappa shape index (κ3) is 7.28. The van der Waals surface area contributed by atoms with Gasteiger partial charge in [0.25, 0.3) is 0 Å². The van der Waals surface area contributed by atoms with E-state index in [-0.39, 0.29) is 11.8 Å². The van der Waals surface area contributed by atoms with Crippen molar-refractivity contribution in [3.05, 3.63) is 0 Å². The van der Waals surface area contributed by atoms with Gasteiger partial charge in [0.15, 0.2) is 6.29 Å². The number of hydrogen-bond acceptors (Lipinski definition) is 7. The van der Waals surface area contributed by atoms with E-state index in [0.29, 0.717) is 22.6 Å². The maximum atomic E-state index is 11.6. The summed E-state index contributed by atoms with van der Waals surface area (Å²) in [5, 5.41) is 37.0. The van der Waals surface area contributed by atoms with Gasteiger partial charge in [-0.2, -0.15) is 0 Å². The molecule has 29 heavy (non-hydrogen) atoms. The minimum absolute atomic E-state index is 0.0553. The van der Waals surface area contributed by atoms with Crippen LogP contribution in [0.3, 0.4) is 0 Å². The molecule has 1 saturated heterocycles. The molecule has 6 nitrogen and oxygen atoms in total. The lowest BCUT2D eigenvalue weighted by atomic mass is 9.85. The predicted molar refractivity (Wildman–Crippen MR) is 120 cm³/mol. The van der Waals surface area contributed by atoms with Crippen LogP contribution in [-0.4, -0.2) is 63.3 Å². The highest BCUT2D eigenvalue weighted by Crippen LogP contribution is 2.45. The van der Waals surface area contributed by atoms with Crippen LogP contribution >= 0.6 is 21.6 Å². The third-order valence-electron chi connectivity index (χ3n) is 6.86. The zero-order chi connectivity index (χ0) is 20.6. The number of aliphatic hydroxyl groups is 2. The van der Waals surface area contributed by atoms with Gasteiger partial charge in [-0.3, -0.25) is 4.79 Å². The Morgan fingerprint density at radius 1 is 0.793 bits per heavy atom. The molecule has 0 bridgehead atoms. The number of aliphatic carboxylic acids is 1. The minimum Gasteiger partial charge on any atom is -0.481 e. The topological polar surface area (TPSA) is 102 Å². The number of hydrogen-bond donors (Lipinski definition) is 5. The van der Waals surface area contributed by atoms with Crippen LogP contribution < -0.4 is 10.6 Å². The Morgan fingerprint density at radius 3 is 1.93 bits per heavy atom. The molecule has 5 N–H and O–H groups in total. The molecule has 168 valence electrons. The number of nitrogens with one attached hydrogen (secondary N) is 2. The average molecular weight is 447 g/mol. The largest absolute Gasteiger partial charge is 0.481 e. The van der Waals surface area contributed by atoms with Crippen LogP contribution in [-0.2, 0) is 4.79 Å². The molecule has 3 fully saturated rings. The molecule has 6 unspecified atom stereocenters. The Balaban J connectivity index is 1.66. The van der Waals surface area contributed by atoms with Crippen molar-refractivity contribution in [3.63, 3.8) is 0 Å². The molecule has 1 aliphatic heterocycles. The van der Waals surface area contributed by atoms with Gasteiger partial charge in [0, 0.05) is 28.5 Å². The first-order chi connectivity index (χ1) is 14.0. The fourth-order valence-electron chi connectivity index (χ4n) is 4.96. The molecule has 0 radical (unpaired) electrons. The first kappa shape index (κ1) is 23.7. The molecule has 1 heterocycles. The van der Waals surface area contributed by atoms with Crippen LogP contribution in [0.1, 0.15) is 70.6 Å². The number of aliphatic hydroxyl groups excluding tert-OH is 1. The summed E-state index contributed by atoms with van der Waals surface area (Å²) in [6.07, 6.45) is 10.00. The van der Waals surface area contributed by atoms with E-state index in [4.69, 9.17) is 0 Å². The second kappa shape index (κ2) is 12.2. The maximum absolute atomic E-state index is 11.6. The van der Waals surface area contributed by atoms with Crippen molar-refractivity contribution in [3.8, 4) is 0 Å². The van der Waals surface area contributed by atoms with Gasteiger partial charge < -0.3 is 26.0 Å².